The van der Waals surface area contributed by atoms with Crippen LogP contribution in [0.4, 0.5) is 5.69 Å². The Labute approximate surface area is 183 Å². The summed E-state index contributed by atoms with van der Waals surface area (Å²) >= 11 is 5.89. The lowest BCUT2D eigenvalue weighted by molar-refractivity contribution is 0.562. The average Bonchev–Trinajstić information content (AvgIpc) is 3.41. The molecule has 3 aromatic rings. The van der Waals surface area contributed by atoms with E-state index in [2.05, 4.69) is 83.9 Å². The lowest BCUT2D eigenvalue weighted by Gasteiger charge is -2.29. The molecule has 1 saturated carbocycles. The number of hydrogen-bond acceptors (Lipinski definition) is 2. The van der Waals surface area contributed by atoms with E-state index in [-0.39, 0.29) is 12.1 Å². The number of nitrogens with zero attached hydrogens (tertiary/aromatic N) is 3. The number of anilines is 1. The zero-order valence-corrected chi connectivity index (χ0v) is 18.8. The number of benzene rings is 1. The fourth-order valence-corrected chi connectivity index (χ4v) is 5.38. The molecule has 2 aliphatic rings. The summed E-state index contributed by atoms with van der Waals surface area (Å²) in [7, 11) is 0. The summed E-state index contributed by atoms with van der Waals surface area (Å²) in [6, 6.07) is 15.9. The van der Waals surface area contributed by atoms with Gasteiger partial charge in [0.25, 0.3) is 0 Å². The molecule has 30 heavy (non-hydrogen) atoms. The highest BCUT2D eigenvalue weighted by Gasteiger charge is 2.43. The average molecular weight is 417 g/mol. The lowest BCUT2D eigenvalue weighted by Crippen LogP contribution is -2.29. The van der Waals surface area contributed by atoms with Gasteiger partial charge in [-0.05, 0) is 99.8 Å². The fourth-order valence-electron chi connectivity index (χ4n) is 5.04. The molecular formula is C25H28N4S. The van der Waals surface area contributed by atoms with Crippen LogP contribution in [0.5, 0.6) is 0 Å². The van der Waals surface area contributed by atoms with Gasteiger partial charge in [0.15, 0.2) is 5.11 Å². The Morgan fingerprint density at radius 2 is 1.73 bits per heavy atom. The topological polar surface area (TPSA) is 33.1 Å². The zero-order valence-electron chi connectivity index (χ0n) is 18.0. The summed E-state index contributed by atoms with van der Waals surface area (Å²) in [6.07, 6.45) is 4.42. The first-order valence-electron chi connectivity index (χ1n) is 10.7. The molecule has 154 valence electrons. The Kier molecular flexibility index (Phi) is 4.66. The van der Waals surface area contributed by atoms with Gasteiger partial charge < -0.3 is 14.8 Å². The third-order valence-electron chi connectivity index (χ3n) is 6.34. The van der Waals surface area contributed by atoms with E-state index in [0.29, 0.717) is 6.04 Å². The summed E-state index contributed by atoms with van der Waals surface area (Å²) in [5, 5.41) is 4.35. The van der Waals surface area contributed by atoms with Gasteiger partial charge in [-0.3, -0.25) is 4.98 Å². The van der Waals surface area contributed by atoms with E-state index in [4.69, 9.17) is 12.2 Å². The van der Waals surface area contributed by atoms with Crippen molar-refractivity contribution in [3.8, 4) is 0 Å². The second kappa shape index (κ2) is 7.24. The second-order valence-electron chi connectivity index (χ2n) is 8.77. The van der Waals surface area contributed by atoms with Crippen molar-refractivity contribution in [2.75, 3.05) is 4.90 Å². The molecule has 1 aromatic carbocycles. The Morgan fingerprint density at radius 3 is 2.37 bits per heavy atom. The third kappa shape index (κ3) is 3.21. The van der Waals surface area contributed by atoms with Crippen LogP contribution >= 0.6 is 12.2 Å². The Balaban J connectivity index is 1.68. The Hall–Kier alpha value is -2.66. The maximum Gasteiger partial charge on any atom is 0.174 e. The van der Waals surface area contributed by atoms with Gasteiger partial charge in [-0.25, -0.2) is 0 Å². The number of aryl methyl sites for hydroxylation is 3. The molecule has 1 aliphatic heterocycles. The van der Waals surface area contributed by atoms with Crippen LogP contribution in [0, 0.1) is 27.7 Å². The first kappa shape index (κ1) is 19.3. The molecule has 2 fully saturated rings. The predicted molar refractivity (Wildman–Crippen MR) is 126 cm³/mol. The van der Waals surface area contributed by atoms with Crippen molar-refractivity contribution in [2.24, 2.45) is 0 Å². The standard InChI is InChI=1S/C25H28N4S/c1-15-11-16(2)13-20(12-15)29-24(21-14-17(3)28(18(21)4)19-8-9-19)23(27-25(29)30)22-7-5-6-10-26-22/h5-7,10-14,19,23-24H,8-9H2,1-4H3,(H,27,30)/t23-,24-/m0/s1. The lowest BCUT2D eigenvalue weighted by atomic mass is 9.96. The molecule has 0 bridgehead atoms. The van der Waals surface area contributed by atoms with Gasteiger partial charge in [0.05, 0.1) is 17.8 Å². The van der Waals surface area contributed by atoms with Crippen molar-refractivity contribution < 1.29 is 0 Å². The van der Waals surface area contributed by atoms with Gasteiger partial charge in [-0.2, -0.15) is 0 Å². The minimum Gasteiger partial charge on any atom is -0.351 e. The van der Waals surface area contributed by atoms with E-state index in [1.165, 1.54) is 40.9 Å². The smallest absolute Gasteiger partial charge is 0.174 e. The van der Waals surface area contributed by atoms with E-state index >= 15 is 0 Å². The van der Waals surface area contributed by atoms with Crippen LogP contribution in [0.25, 0.3) is 0 Å². The van der Waals surface area contributed by atoms with Crippen LogP contribution in [0.2, 0.25) is 0 Å². The largest absolute Gasteiger partial charge is 0.351 e. The van der Waals surface area contributed by atoms with Crippen LogP contribution in [-0.4, -0.2) is 14.7 Å². The molecule has 1 aliphatic carbocycles. The molecule has 1 N–H and O–H groups in total. The van der Waals surface area contributed by atoms with Gasteiger partial charge in [0.1, 0.15) is 0 Å². The SMILES string of the molecule is Cc1cc(C)cc(N2C(=S)N[C@@H](c3ccccn3)[C@@H]2c2cc(C)n(C3CC3)c2C)c1. The monoisotopic (exact) mass is 416 g/mol. The molecule has 0 radical (unpaired) electrons. The molecular weight excluding hydrogens is 388 g/mol. The van der Waals surface area contributed by atoms with Crippen molar-refractivity contribution in [2.45, 2.75) is 58.7 Å². The van der Waals surface area contributed by atoms with Crippen LogP contribution in [0.1, 0.15) is 64.7 Å². The molecule has 0 amide bonds. The van der Waals surface area contributed by atoms with Gasteiger partial charge in [0, 0.05) is 29.3 Å². The molecule has 2 atom stereocenters. The van der Waals surface area contributed by atoms with Crippen LogP contribution in [0.15, 0.2) is 48.7 Å². The highest BCUT2D eigenvalue weighted by molar-refractivity contribution is 7.80. The van der Waals surface area contributed by atoms with E-state index < -0.39 is 0 Å². The zero-order chi connectivity index (χ0) is 21.0. The summed E-state index contributed by atoms with van der Waals surface area (Å²) in [6.45, 7) is 8.78. The molecule has 2 aromatic heterocycles. The van der Waals surface area contributed by atoms with Crippen molar-refractivity contribution >= 4 is 23.0 Å². The van der Waals surface area contributed by atoms with E-state index in [0.717, 1.165) is 16.5 Å². The molecule has 5 rings (SSSR count). The van der Waals surface area contributed by atoms with Crippen molar-refractivity contribution in [3.05, 3.63) is 82.4 Å². The Bertz CT molecular complexity index is 1090. The number of pyridine rings is 1. The van der Waals surface area contributed by atoms with Crippen LogP contribution in [0.3, 0.4) is 0 Å². The summed E-state index contributed by atoms with van der Waals surface area (Å²) < 4.78 is 2.52. The third-order valence-corrected chi connectivity index (χ3v) is 6.65. The van der Waals surface area contributed by atoms with Gasteiger partial charge >= 0.3 is 0 Å². The van der Waals surface area contributed by atoms with Gasteiger partial charge in [-0.15, -0.1) is 0 Å². The molecule has 4 nitrogen and oxygen atoms in total. The van der Waals surface area contributed by atoms with Crippen LogP contribution in [-0.2, 0) is 0 Å². The maximum absolute atomic E-state index is 5.89. The van der Waals surface area contributed by atoms with E-state index in [9.17, 15) is 0 Å². The van der Waals surface area contributed by atoms with Gasteiger partial charge in [-0.1, -0.05) is 12.1 Å². The quantitative estimate of drug-likeness (QED) is 0.559. The summed E-state index contributed by atoms with van der Waals surface area (Å²) in [5.41, 5.74) is 8.68. The van der Waals surface area contributed by atoms with Gasteiger partial charge in [0.2, 0.25) is 0 Å². The van der Waals surface area contributed by atoms with Crippen LogP contribution < -0.4 is 10.2 Å². The highest BCUT2D eigenvalue weighted by atomic mass is 32.1. The van der Waals surface area contributed by atoms with Crippen molar-refractivity contribution in [1.29, 1.82) is 0 Å². The normalized spacial score (nSPS) is 21.2. The number of hydrogen-bond donors (Lipinski definition) is 1. The number of aromatic nitrogens is 2. The molecule has 5 heteroatoms. The summed E-state index contributed by atoms with van der Waals surface area (Å²) in [5.74, 6) is 0. The summed E-state index contributed by atoms with van der Waals surface area (Å²) in [4.78, 5) is 6.98. The number of thiocarbonyl (C=S) groups is 1. The Morgan fingerprint density at radius 1 is 1.00 bits per heavy atom. The van der Waals surface area contributed by atoms with Crippen molar-refractivity contribution in [3.63, 3.8) is 0 Å². The minimum absolute atomic E-state index is 0.00710. The maximum atomic E-state index is 5.89. The first-order valence-corrected chi connectivity index (χ1v) is 11.1. The van der Waals surface area contributed by atoms with E-state index in [1.54, 1.807) is 0 Å². The highest BCUT2D eigenvalue weighted by Crippen LogP contribution is 2.46. The minimum atomic E-state index is 0.00710. The predicted octanol–water partition coefficient (Wildman–Crippen LogP) is 5.63. The first-order chi connectivity index (χ1) is 14.4. The van der Waals surface area contributed by atoms with Crippen molar-refractivity contribution in [1.82, 2.24) is 14.9 Å². The second-order valence-corrected chi connectivity index (χ2v) is 9.16. The number of rotatable bonds is 4. The fraction of sp³-hybridized carbons (Fsp3) is 0.360. The molecule has 0 spiro atoms. The molecule has 3 heterocycles. The van der Waals surface area contributed by atoms with E-state index in [1.807, 2.05) is 12.3 Å². The number of nitrogens with one attached hydrogen (secondary N) is 1. The molecule has 1 saturated heterocycles. The molecule has 0 unspecified atom stereocenters.